The number of hydrogen-bond acceptors (Lipinski definition) is 1. The molecule has 0 bridgehead atoms. The molecule has 1 heteroatoms. The summed E-state index contributed by atoms with van der Waals surface area (Å²) in [5.74, 6) is 0. The summed E-state index contributed by atoms with van der Waals surface area (Å²) in [6.07, 6.45) is 8.67. The van der Waals surface area contributed by atoms with Crippen LogP contribution >= 0.6 is 0 Å². The highest BCUT2D eigenvalue weighted by atomic mass is 14.8. The van der Waals surface area contributed by atoms with Crippen molar-refractivity contribution >= 4 is 23.0 Å². The number of benzene rings is 2. The van der Waals surface area contributed by atoms with Crippen molar-refractivity contribution in [2.24, 2.45) is 4.99 Å². The zero-order valence-corrected chi connectivity index (χ0v) is 15.3. The monoisotopic (exact) mass is 327 g/mol. The van der Waals surface area contributed by atoms with Crippen LogP contribution in [0.3, 0.4) is 0 Å². The van der Waals surface area contributed by atoms with Crippen molar-refractivity contribution in [3.63, 3.8) is 0 Å². The predicted molar refractivity (Wildman–Crippen MR) is 111 cm³/mol. The van der Waals surface area contributed by atoms with Crippen molar-refractivity contribution in [3.8, 4) is 0 Å². The van der Waals surface area contributed by atoms with Crippen LogP contribution in [0.5, 0.6) is 0 Å². The van der Waals surface area contributed by atoms with Gasteiger partial charge in [-0.2, -0.15) is 0 Å². The number of aliphatic imine (C=N–C) groups is 1. The Balaban J connectivity index is 2.24. The zero-order valence-electron chi connectivity index (χ0n) is 15.3. The number of fused-ring (bicyclic) bond motifs is 1. The zero-order chi connectivity index (χ0) is 17.8. The average molecular weight is 327 g/mol. The molecule has 1 nitrogen and oxygen atoms in total. The molecule has 2 aromatic rings. The maximum Gasteiger partial charge on any atom is 0.0790 e. The summed E-state index contributed by atoms with van der Waals surface area (Å²) in [5.41, 5.74) is 9.14. The Morgan fingerprint density at radius 1 is 1.08 bits per heavy atom. The lowest BCUT2D eigenvalue weighted by Crippen LogP contribution is -1.98. The van der Waals surface area contributed by atoms with Gasteiger partial charge >= 0.3 is 0 Å². The molecular weight excluding hydrogens is 302 g/mol. The van der Waals surface area contributed by atoms with Gasteiger partial charge in [-0.05, 0) is 48.6 Å². The third kappa shape index (κ3) is 3.28. The molecule has 0 heterocycles. The number of allylic oxidation sites excluding steroid dienone is 4. The van der Waals surface area contributed by atoms with E-state index < -0.39 is 0 Å². The van der Waals surface area contributed by atoms with Gasteiger partial charge in [-0.15, -0.1) is 0 Å². The van der Waals surface area contributed by atoms with Crippen molar-refractivity contribution in [2.75, 3.05) is 0 Å². The number of aryl methyl sites for hydroxylation is 1. The van der Waals surface area contributed by atoms with E-state index in [-0.39, 0.29) is 0 Å². The first-order chi connectivity index (χ1) is 12.2. The molecule has 25 heavy (non-hydrogen) atoms. The van der Waals surface area contributed by atoms with E-state index in [1.165, 1.54) is 27.8 Å². The van der Waals surface area contributed by atoms with Crippen LogP contribution in [0.1, 0.15) is 48.9 Å². The Labute approximate surface area is 151 Å². The second-order valence-electron chi connectivity index (χ2n) is 6.40. The summed E-state index contributed by atoms with van der Waals surface area (Å²) in [4.78, 5) is 5.05. The highest BCUT2D eigenvalue weighted by molar-refractivity contribution is 6.30. The van der Waals surface area contributed by atoms with Gasteiger partial charge in [0, 0.05) is 11.1 Å². The van der Waals surface area contributed by atoms with Gasteiger partial charge in [-0.25, -0.2) is 4.99 Å². The smallest absolute Gasteiger partial charge is 0.0790 e. The molecule has 0 fully saturated rings. The van der Waals surface area contributed by atoms with Crippen LogP contribution in [-0.2, 0) is 0 Å². The standard InChI is InChI=1S/C24H25N/c1-5-7-14-20-18(4)23-19(11-6-2)13-10-15-21(23)24(20)25-22-16-9-8-12-17(22)3/h6,8-16H,4-5,7H2,1-3H3/b11-6-,20-14-,25-24?. The van der Waals surface area contributed by atoms with Crippen LogP contribution in [-0.4, -0.2) is 5.71 Å². The fourth-order valence-electron chi connectivity index (χ4n) is 3.28. The van der Waals surface area contributed by atoms with Crippen molar-refractivity contribution in [2.45, 2.75) is 33.6 Å². The lowest BCUT2D eigenvalue weighted by atomic mass is 10.00. The topological polar surface area (TPSA) is 12.4 Å². The predicted octanol–water partition coefficient (Wildman–Crippen LogP) is 6.90. The molecule has 3 rings (SSSR count). The van der Waals surface area contributed by atoms with Gasteiger partial charge in [0.1, 0.15) is 0 Å². The lowest BCUT2D eigenvalue weighted by molar-refractivity contribution is 0.957. The molecule has 126 valence electrons. The van der Waals surface area contributed by atoms with Gasteiger partial charge in [0.05, 0.1) is 11.4 Å². The number of unbranched alkanes of at least 4 members (excludes halogenated alkanes) is 1. The summed E-state index contributed by atoms with van der Waals surface area (Å²) in [6, 6.07) is 14.7. The highest BCUT2D eigenvalue weighted by Crippen LogP contribution is 2.40. The van der Waals surface area contributed by atoms with E-state index in [1.807, 2.05) is 13.0 Å². The maximum atomic E-state index is 5.05. The van der Waals surface area contributed by atoms with Crippen LogP contribution in [0.2, 0.25) is 0 Å². The Kier molecular flexibility index (Phi) is 5.14. The maximum absolute atomic E-state index is 5.05. The Morgan fingerprint density at radius 2 is 1.88 bits per heavy atom. The summed E-state index contributed by atoms with van der Waals surface area (Å²) in [5, 5.41) is 0. The molecule has 0 radical (unpaired) electrons. The van der Waals surface area contributed by atoms with E-state index in [0.29, 0.717) is 0 Å². The van der Waals surface area contributed by atoms with Gasteiger partial charge in [0.2, 0.25) is 0 Å². The van der Waals surface area contributed by atoms with E-state index in [2.05, 4.69) is 75.1 Å². The second kappa shape index (κ2) is 7.48. The summed E-state index contributed by atoms with van der Waals surface area (Å²) >= 11 is 0. The molecule has 0 unspecified atom stereocenters. The Bertz CT molecular complexity index is 894. The molecule has 0 N–H and O–H groups in total. The van der Waals surface area contributed by atoms with Crippen LogP contribution in [0.15, 0.2) is 71.8 Å². The molecule has 1 aliphatic carbocycles. The fraction of sp³-hybridized carbons (Fsp3) is 0.208. The van der Waals surface area contributed by atoms with Gasteiger partial charge in [-0.1, -0.05) is 74.5 Å². The highest BCUT2D eigenvalue weighted by Gasteiger charge is 2.28. The van der Waals surface area contributed by atoms with E-state index in [4.69, 9.17) is 4.99 Å². The number of hydrogen-bond donors (Lipinski definition) is 0. The minimum absolute atomic E-state index is 1.02. The van der Waals surface area contributed by atoms with Crippen LogP contribution in [0, 0.1) is 6.92 Å². The summed E-state index contributed by atoms with van der Waals surface area (Å²) in [6.45, 7) is 10.8. The van der Waals surface area contributed by atoms with Crippen LogP contribution in [0.25, 0.3) is 11.6 Å². The third-order valence-electron chi connectivity index (χ3n) is 4.56. The minimum Gasteiger partial charge on any atom is -0.247 e. The number of nitrogens with zero attached hydrogens (tertiary/aromatic N) is 1. The molecule has 0 saturated heterocycles. The first kappa shape index (κ1) is 17.2. The van der Waals surface area contributed by atoms with Gasteiger partial charge in [-0.3, -0.25) is 0 Å². The number of rotatable bonds is 4. The van der Waals surface area contributed by atoms with E-state index in [9.17, 15) is 0 Å². The molecule has 0 amide bonds. The summed E-state index contributed by atoms with van der Waals surface area (Å²) < 4.78 is 0. The molecule has 1 aliphatic rings. The minimum atomic E-state index is 1.02. The molecule has 0 aliphatic heterocycles. The van der Waals surface area contributed by atoms with Gasteiger partial charge in [0.25, 0.3) is 0 Å². The molecule has 0 spiro atoms. The number of para-hydroxylation sites is 1. The Morgan fingerprint density at radius 3 is 2.60 bits per heavy atom. The largest absolute Gasteiger partial charge is 0.247 e. The average Bonchev–Trinajstić information content (AvgIpc) is 2.88. The fourth-order valence-corrected chi connectivity index (χ4v) is 3.28. The van der Waals surface area contributed by atoms with Crippen molar-refractivity contribution in [3.05, 3.63) is 89.0 Å². The van der Waals surface area contributed by atoms with Crippen molar-refractivity contribution in [1.82, 2.24) is 0 Å². The first-order valence-corrected chi connectivity index (χ1v) is 8.98. The van der Waals surface area contributed by atoms with Gasteiger partial charge in [0.15, 0.2) is 0 Å². The molecule has 0 saturated carbocycles. The first-order valence-electron chi connectivity index (χ1n) is 8.98. The quantitative estimate of drug-likeness (QED) is 0.579. The van der Waals surface area contributed by atoms with E-state index >= 15 is 0 Å². The molecule has 0 atom stereocenters. The van der Waals surface area contributed by atoms with Crippen LogP contribution < -0.4 is 0 Å². The molecule has 0 aromatic heterocycles. The van der Waals surface area contributed by atoms with Crippen LogP contribution in [0.4, 0.5) is 5.69 Å². The van der Waals surface area contributed by atoms with E-state index in [1.54, 1.807) is 0 Å². The summed E-state index contributed by atoms with van der Waals surface area (Å²) in [7, 11) is 0. The SMILES string of the molecule is C=C1/C(=C/CCC)C(=Nc2ccccc2C)c2cccc(/C=C\C)c21. The Hall–Kier alpha value is -2.67. The third-order valence-corrected chi connectivity index (χ3v) is 4.56. The van der Waals surface area contributed by atoms with E-state index in [0.717, 1.165) is 29.8 Å². The van der Waals surface area contributed by atoms with Gasteiger partial charge < -0.3 is 0 Å². The molecule has 2 aromatic carbocycles. The lowest BCUT2D eigenvalue weighted by Gasteiger charge is -2.05. The van der Waals surface area contributed by atoms with Crippen molar-refractivity contribution < 1.29 is 0 Å². The second-order valence-corrected chi connectivity index (χ2v) is 6.40. The normalized spacial score (nSPS) is 17.0. The van der Waals surface area contributed by atoms with Crippen molar-refractivity contribution in [1.29, 1.82) is 0 Å². The molecular formula is C24H25N.